The van der Waals surface area contributed by atoms with E-state index in [1.54, 1.807) is 35.2 Å². The highest BCUT2D eigenvalue weighted by Crippen LogP contribution is 2.46. The van der Waals surface area contributed by atoms with E-state index in [0.717, 1.165) is 16.8 Å². The summed E-state index contributed by atoms with van der Waals surface area (Å²) in [5, 5.41) is 1.50. The first kappa shape index (κ1) is 17.2. The number of carbonyl (C=O) groups is 1. The molecule has 1 amide bonds. The highest BCUT2D eigenvalue weighted by Gasteiger charge is 2.35. The molecule has 0 spiro atoms. The van der Waals surface area contributed by atoms with Crippen LogP contribution in [0.1, 0.15) is 11.1 Å². The lowest BCUT2D eigenvalue weighted by molar-refractivity contribution is -0.112. The Morgan fingerprint density at radius 3 is 2.12 bits per heavy atom. The van der Waals surface area contributed by atoms with Crippen molar-refractivity contribution in [1.29, 1.82) is 0 Å². The molecule has 128 valence electrons. The van der Waals surface area contributed by atoms with Gasteiger partial charge in [0.15, 0.2) is 0 Å². The van der Waals surface area contributed by atoms with Gasteiger partial charge in [0.1, 0.15) is 0 Å². The number of anilines is 2. The summed E-state index contributed by atoms with van der Waals surface area (Å²) in [6.45, 7) is 0. The molecular weight excluding hydrogens is 389 g/mol. The molecule has 1 aliphatic rings. The molecule has 0 saturated carbocycles. The number of amides is 1. The van der Waals surface area contributed by atoms with E-state index in [4.69, 9.17) is 34.8 Å². The van der Waals surface area contributed by atoms with E-state index < -0.39 is 0 Å². The molecule has 3 aromatic carbocycles. The number of hydrogen-bond acceptors (Lipinski definition) is 1. The fraction of sp³-hybridized carbons (Fsp3) is 0. The molecule has 1 heterocycles. The molecular formula is C21H12Cl3NO. The van der Waals surface area contributed by atoms with Gasteiger partial charge in [0.2, 0.25) is 0 Å². The van der Waals surface area contributed by atoms with Gasteiger partial charge in [0, 0.05) is 10.6 Å². The second-order valence-corrected chi connectivity index (χ2v) is 7.09. The van der Waals surface area contributed by atoms with Crippen molar-refractivity contribution in [3.63, 3.8) is 0 Å². The number of nitrogens with zero attached hydrogens (tertiary/aromatic N) is 1. The lowest BCUT2D eigenvalue weighted by Gasteiger charge is -2.20. The Hall–Kier alpha value is -2.26. The molecule has 26 heavy (non-hydrogen) atoms. The van der Waals surface area contributed by atoms with Crippen molar-refractivity contribution in [3.8, 4) is 0 Å². The van der Waals surface area contributed by atoms with E-state index in [2.05, 4.69) is 0 Å². The number of fused-ring (bicyclic) bond motifs is 1. The monoisotopic (exact) mass is 399 g/mol. The molecule has 0 bridgehead atoms. The number of rotatable bonds is 2. The first-order valence-corrected chi connectivity index (χ1v) is 9.05. The summed E-state index contributed by atoms with van der Waals surface area (Å²) in [7, 11) is 0. The second kappa shape index (κ2) is 6.81. The molecule has 0 unspecified atom stereocenters. The van der Waals surface area contributed by atoms with Crippen LogP contribution in [0.4, 0.5) is 11.4 Å². The van der Waals surface area contributed by atoms with Gasteiger partial charge in [-0.25, -0.2) is 0 Å². The van der Waals surface area contributed by atoms with Gasteiger partial charge >= 0.3 is 0 Å². The third kappa shape index (κ3) is 2.90. The maximum absolute atomic E-state index is 13.3. The fourth-order valence-corrected chi connectivity index (χ4v) is 3.72. The summed E-state index contributed by atoms with van der Waals surface area (Å²) >= 11 is 18.7. The number of carbonyl (C=O) groups excluding carboxylic acids is 1. The molecule has 4 rings (SSSR count). The van der Waals surface area contributed by atoms with Gasteiger partial charge in [0.25, 0.3) is 5.91 Å². The number of benzene rings is 3. The van der Waals surface area contributed by atoms with Gasteiger partial charge in [-0.3, -0.25) is 9.69 Å². The smallest absolute Gasteiger partial charge is 0.263 e. The maximum Gasteiger partial charge on any atom is 0.263 e. The molecule has 1 aliphatic heterocycles. The molecule has 0 saturated heterocycles. The number of para-hydroxylation sites is 2. The minimum atomic E-state index is -0.170. The van der Waals surface area contributed by atoms with Crippen LogP contribution in [-0.4, -0.2) is 5.91 Å². The van der Waals surface area contributed by atoms with Gasteiger partial charge in [-0.1, -0.05) is 71.2 Å². The van der Waals surface area contributed by atoms with Gasteiger partial charge in [0.05, 0.1) is 27.0 Å². The van der Waals surface area contributed by atoms with Crippen LogP contribution >= 0.6 is 34.8 Å². The third-order valence-electron chi connectivity index (χ3n) is 4.21. The van der Waals surface area contributed by atoms with Gasteiger partial charge in [-0.15, -0.1) is 0 Å². The molecule has 2 nitrogen and oxygen atoms in total. The fourth-order valence-electron chi connectivity index (χ4n) is 3.03. The zero-order valence-electron chi connectivity index (χ0n) is 13.4. The highest BCUT2D eigenvalue weighted by atomic mass is 35.5. The average Bonchev–Trinajstić information content (AvgIpc) is 2.90. The highest BCUT2D eigenvalue weighted by molar-refractivity contribution is 6.44. The summed E-state index contributed by atoms with van der Waals surface area (Å²) in [4.78, 5) is 14.8. The van der Waals surface area contributed by atoms with Crippen molar-refractivity contribution in [2.45, 2.75) is 0 Å². The summed E-state index contributed by atoms with van der Waals surface area (Å²) in [6, 6.07) is 20.1. The lowest BCUT2D eigenvalue weighted by Crippen LogP contribution is -2.21. The zero-order chi connectivity index (χ0) is 18.3. The maximum atomic E-state index is 13.3. The van der Waals surface area contributed by atoms with Crippen molar-refractivity contribution in [3.05, 3.63) is 92.9 Å². The van der Waals surface area contributed by atoms with Crippen molar-refractivity contribution < 1.29 is 4.79 Å². The standard InChI is InChI=1S/C21H12Cl3NO/c22-14-10-8-13(9-11-14)12-16-15-4-1-2-7-19(15)25(21(16)26)20-17(23)5-3-6-18(20)24/h1-12H/b16-12+. The van der Waals surface area contributed by atoms with Gasteiger partial charge in [-0.2, -0.15) is 0 Å². The van der Waals surface area contributed by atoms with Crippen LogP contribution in [0.15, 0.2) is 66.7 Å². The SMILES string of the molecule is O=C1/C(=C/c2ccc(Cl)cc2)c2ccccc2N1c1c(Cl)cccc1Cl. The van der Waals surface area contributed by atoms with Crippen LogP contribution in [0.5, 0.6) is 0 Å². The molecule has 0 aliphatic carbocycles. The Bertz CT molecular complexity index is 1020. The summed E-state index contributed by atoms with van der Waals surface area (Å²) in [5.74, 6) is -0.170. The number of hydrogen-bond donors (Lipinski definition) is 0. The minimum Gasteiger partial charge on any atom is -0.273 e. The van der Waals surface area contributed by atoms with Crippen LogP contribution in [0, 0.1) is 0 Å². The van der Waals surface area contributed by atoms with E-state index >= 15 is 0 Å². The quantitative estimate of drug-likeness (QED) is 0.430. The van der Waals surface area contributed by atoms with Crippen molar-refractivity contribution in [2.75, 3.05) is 4.90 Å². The summed E-state index contributed by atoms with van der Waals surface area (Å²) in [6.07, 6.45) is 1.85. The van der Waals surface area contributed by atoms with Crippen LogP contribution in [-0.2, 0) is 4.79 Å². The van der Waals surface area contributed by atoms with Gasteiger partial charge < -0.3 is 0 Å². The molecule has 0 N–H and O–H groups in total. The van der Waals surface area contributed by atoms with Crippen molar-refractivity contribution in [1.82, 2.24) is 0 Å². The molecule has 0 fully saturated rings. The van der Waals surface area contributed by atoms with E-state index in [1.807, 2.05) is 42.5 Å². The molecule has 3 aromatic rings. The Kier molecular flexibility index (Phi) is 4.49. The van der Waals surface area contributed by atoms with Crippen molar-refractivity contribution in [2.24, 2.45) is 0 Å². The minimum absolute atomic E-state index is 0.170. The van der Waals surface area contributed by atoms with E-state index in [0.29, 0.717) is 26.3 Å². The summed E-state index contributed by atoms with van der Waals surface area (Å²) in [5.41, 5.74) is 3.56. The van der Waals surface area contributed by atoms with E-state index in [-0.39, 0.29) is 5.91 Å². The summed E-state index contributed by atoms with van der Waals surface area (Å²) < 4.78 is 0. The van der Waals surface area contributed by atoms with E-state index in [1.165, 1.54) is 0 Å². The Labute approximate surface area is 166 Å². The molecule has 0 radical (unpaired) electrons. The van der Waals surface area contributed by atoms with Gasteiger partial charge in [-0.05, 0) is 42.0 Å². The Balaban J connectivity index is 1.90. The number of halogens is 3. The Morgan fingerprint density at radius 1 is 0.769 bits per heavy atom. The molecule has 0 atom stereocenters. The largest absolute Gasteiger partial charge is 0.273 e. The van der Waals surface area contributed by atoms with Crippen LogP contribution in [0.3, 0.4) is 0 Å². The van der Waals surface area contributed by atoms with Crippen LogP contribution < -0.4 is 4.90 Å². The topological polar surface area (TPSA) is 20.3 Å². The van der Waals surface area contributed by atoms with Crippen LogP contribution in [0.2, 0.25) is 15.1 Å². The normalized spacial score (nSPS) is 14.8. The first-order valence-electron chi connectivity index (χ1n) is 7.91. The van der Waals surface area contributed by atoms with Crippen molar-refractivity contribution >= 4 is 63.7 Å². The predicted molar refractivity (Wildman–Crippen MR) is 109 cm³/mol. The third-order valence-corrected chi connectivity index (χ3v) is 5.07. The van der Waals surface area contributed by atoms with E-state index in [9.17, 15) is 4.79 Å². The predicted octanol–water partition coefficient (Wildman–Crippen LogP) is 6.87. The lowest BCUT2D eigenvalue weighted by atomic mass is 10.0. The zero-order valence-corrected chi connectivity index (χ0v) is 15.7. The molecule has 0 aromatic heterocycles. The molecule has 5 heteroatoms. The second-order valence-electron chi connectivity index (χ2n) is 5.84. The average molecular weight is 401 g/mol. The first-order chi connectivity index (χ1) is 12.6. The Morgan fingerprint density at radius 2 is 1.42 bits per heavy atom. The van der Waals surface area contributed by atoms with Crippen LogP contribution in [0.25, 0.3) is 11.6 Å².